The molecule has 0 spiro atoms. The molecule has 108 valence electrons. The van der Waals surface area contributed by atoms with E-state index in [0.29, 0.717) is 11.4 Å². The predicted octanol–water partition coefficient (Wildman–Crippen LogP) is 2.66. The molecule has 1 aromatic heterocycles. The summed E-state index contributed by atoms with van der Waals surface area (Å²) in [4.78, 5) is 0.405. The Morgan fingerprint density at radius 1 is 1.10 bits per heavy atom. The highest BCUT2D eigenvalue weighted by Gasteiger charge is 2.13. The fourth-order valence-corrected chi connectivity index (χ4v) is 3.77. The summed E-state index contributed by atoms with van der Waals surface area (Å²) in [5.41, 5.74) is 2.36. The predicted molar refractivity (Wildman–Crippen MR) is 84.1 cm³/mol. The number of nitrogens with one attached hydrogen (secondary N) is 1. The van der Waals surface area contributed by atoms with Crippen molar-refractivity contribution in [1.29, 1.82) is 0 Å². The minimum Gasteiger partial charge on any atom is -0.315 e. The van der Waals surface area contributed by atoms with Crippen LogP contribution in [0.2, 0.25) is 0 Å². The topological polar surface area (TPSA) is 46.2 Å². The molecule has 2 aromatic rings. The SMILES string of the molecule is Cc1ccc(S(=O)(=O)CCNCCc2ccsc2)cc1. The van der Waals surface area contributed by atoms with Crippen LogP contribution in [0.15, 0.2) is 46.0 Å². The van der Waals surface area contributed by atoms with Crippen LogP contribution in [0.1, 0.15) is 11.1 Å². The maximum Gasteiger partial charge on any atom is 0.179 e. The summed E-state index contributed by atoms with van der Waals surface area (Å²) in [5, 5.41) is 7.35. The Balaban J connectivity index is 1.76. The summed E-state index contributed by atoms with van der Waals surface area (Å²) >= 11 is 1.68. The zero-order valence-corrected chi connectivity index (χ0v) is 13.1. The van der Waals surface area contributed by atoms with Crippen LogP contribution in [0.25, 0.3) is 0 Å². The lowest BCUT2D eigenvalue weighted by Gasteiger charge is -2.06. The number of hydrogen-bond donors (Lipinski definition) is 1. The third-order valence-corrected chi connectivity index (χ3v) is 5.56. The third kappa shape index (κ3) is 4.44. The van der Waals surface area contributed by atoms with Gasteiger partial charge in [-0.15, -0.1) is 0 Å². The molecule has 3 nitrogen and oxygen atoms in total. The summed E-state index contributed by atoms with van der Waals surface area (Å²) in [7, 11) is -3.17. The van der Waals surface area contributed by atoms with Gasteiger partial charge in [0.15, 0.2) is 9.84 Å². The van der Waals surface area contributed by atoms with Crippen molar-refractivity contribution in [3.05, 3.63) is 52.2 Å². The molecule has 0 bridgehead atoms. The highest BCUT2D eigenvalue weighted by molar-refractivity contribution is 7.91. The van der Waals surface area contributed by atoms with Crippen molar-refractivity contribution in [3.63, 3.8) is 0 Å². The third-order valence-electron chi connectivity index (χ3n) is 3.10. The summed E-state index contributed by atoms with van der Waals surface area (Å²) in [5.74, 6) is 0.139. The maximum atomic E-state index is 12.1. The minimum absolute atomic E-state index is 0.139. The van der Waals surface area contributed by atoms with E-state index in [1.165, 1.54) is 5.56 Å². The Morgan fingerprint density at radius 2 is 1.85 bits per heavy atom. The number of sulfone groups is 1. The molecule has 0 amide bonds. The van der Waals surface area contributed by atoms with E-state index in [-0.39, 0.29) is 5.75 Å². The van der Waals surface area contributed by atoms with Crippen molar-refractivity contribution >= 4 is 21.2 Å². The summed E-state index contributed by atoms with van der Waals surface area (Å²) in [6.07, 6.45) is 0.939. The molecular weight excluding hydrogens is 290 g/mol. The molecule has 0 unspecified atom stereocenters. The molecule has 0 saturated heterocycles. The Hall–Kier alpha value is -1.17. The maximum absolute atomic E-state index is 12.1. The summed E-state index contributed by atoms with van der Waals surface area (Å²) in [6.45, 7) is 3.24. The number of benzene rings is 1. The van der Waals surface area contributed by atoms with Gasteiger partial charge in [-0.1, -0.05) is 17.7 Å². The second-order valence-corrected chi connectivity index (χ2v) is 7.65. The van der Waals surface area contributed by atoms with Crippen molar-refractivity contribution in [3.8, 4) is 0 Å². The molecule has 0 aliphatic rings. The fraction of sp³-hybridized carbons (Fsp3) is 0.333. The van der Waals surface area contributed by atoms with E-state index in [2.05, 4.69) is 22.1 Å². The number of aryl methyl sites for hydroxylation is 1. The van der Waals surface area contributed by atoms with Gasteiger partial charge in [0.2, 0.25) is 0 Å². The van der Waals surface area contributed by atoms with Crippen LogP contribution >= 0.6 is 11.3 Å². The van der Waals surface area contributed by atoms with Crippen molar-refractivity contribution in [2.24, 2.45) is 0 Å². The minimum atomic E-state index is -3.17. The normalized spacial score (nSPS) is 11.7. The largest absolute Gasteiger partial charge is 0.315 e. The van der Waals surface area contributed by atoms with Crippen molar-refractivity contribution < 1.29 is 8.42 Å². The first-order valence-electron chi connectivity index (χ1n) is 6.59. The van der Waals surface area contributed by atoms with E-state index in [1.807, 2.05) is 19.1 Å². The van der Waals surface area contributed by atoms with Crippen LogP contribution < -0.4 is 5.32 Å². The van der Waals surface area contributed by atoms with Gasteiger partial charge in [0.1, 0.15) is 0 Å². The van der Waals surface area contributed by atoms with E-state index >= 15 is 0 Å². The molecule has 1 heterocycles. The highest BCUT2D eigenvalue weighted by Crippen LogP contribution is 2.11. The second kappa shape index (κ2) is 7.02. The molecule has 0 atom stereocenters. The first-order valence-corrected chi connectivity index (χ1v) is 9.19. The number of thiophene rings is 1. The van der Waals surface area contributed by atoms with Crippen LogP contribution in [0.3, 0.4) is 0 Å². The standard InChI is InChI=1S/C15H19NO2S2/c1-13-2-4-15(5-3-13)20(17,18)11-9-16-8-6-14-7-10-19-12-14/h2-5,7,10,12,16H,6,8-9,11H2,1H3. The molecule has 0 fully saturated rings. The van der Waals surface area contributed by atoms with Crippen LogP contribution in [0.5, 0.6) is 0 Å². The Morgan fingerprint density at radius 3 is 2.50 bits per heavy atom. The molecule has 20 heavy (non-hydrogen) atoms. The lowest BCUT2D eigenvalue weighted by Crippen LogP contribution is -2.25. The van der Waals surface area contributed by atoms with Gasteiger partial charge in [-0.3, -0.25) is 0 Å². The van der Waals surface area contributed by atoms with Gasteiger partial charge in [-0.2, -0.15) is 11.3 Å². The monoisotopic (exact) mass is 309 g/mol. The van der Waals surface area contributed by atoms with Crippen molar-refractivity contribution in [2.45, 2.75) is 18.2 Å². The van der Waals surface area contributed by atoms with Gasteiger partial charge in [-0.25, -0.2) is 8.42 Å². The molecule has 1 aromatic carbocycles. The zero-order valence-electron chi connectivity index (χ0n) is 11.5. The van der Waals surface area contributed by atoms with Gasteiger partial charge in [0, 0.05) is 6.54 Å². The molecule has 2 rings (SSSR count). The van der Waals surface area contributed by atoms with Gasteiger partial charge >= 0.3 is 0 Å². The van der Waals surface area contributed by atoms with Crippen LogP contribution in [0.4, 0.5) is 0 Å². The average Bonchev–Trinajstić information content (AvgIpc) is 2.92. The van der Waals surface area contributed by atoms with E-state index < -0.39 is 9.84 Å². The van der Waals surface area contributed by atoms with Crippen LogP contribution in [-0.2, 0) is 16.3 Å². The zero-order chi connectivity index (χ0) is 14.4. The number of rotatable bonds is 7. The molecule has 0 saturated carbocycles. The quantitative estimate of drug-likeness (QED) is 0.800. The lowest BCUT2D eigenvalue weighted by atomic mass is 10.2. The Bertz CT molecular complexity index is 616. The lowest BCUT2D eigenvalue weighted by molar-refractivity contribution is 0.591. The molecule has 0 aliphatic carbocycles. The van der Waals surface area contributed by atoms with Gasteiger partial charge in [-0.05, 0) is 54.4 Å². The molecule has 0 aliphatic heterocycles. The van der Waals surface area contributed by atoms with E-state index in [4.69, 9.17) is 0 Å². The molecular formula is C15H19NO2S2. The first kappa shape index (κ1) is 15.2. The highest BCUT2D eigenvalue weighted by atomic mass is 32.2. The van der Waals surface area contributed by atoms with Crippen molar-refractivity contribution in [1.82, 2.24) is 5.32 Å². The van der Waals surface area contributed by atoms with Crippen LogP contribution in [-0.4, -0.2) is 27.3 Å². The van der Waals surface area contributed by atoms with E-state index in [0.717, 1.165) is 18.5 Å². The second-order valence-electron chi connectivity index (χ2n) is 4.76. The smallest absolute Gasteiger partial charge is 0.179 e. The van der Waals surface area contributed by atoms with Gasteiger partial charge < -0.3 is 5.32 Å². The Labute approximate surface area is 124 Å². The molecule has 5 heteroatoms. The van der Waals surface area contributed by atoms with Crippen LogP contribution in [0, 0.1) is 6.92 Å². The molecule has 1 N–H and O–H groups in total. The van der Waals surface area contributed by atoms with E-state index in [1.54, 1.807) is 23.5 Å². The fourth-order valence-electron chi connectivity index (χ4n) is 1.86. The van der Waals surface area contributed by atoms with Crippen molar-refractivity contribution in [2.75, 3.05) is 18.8 Å². The molecule has 0 radical (unpaired) electrons. The average molecular weight is 309 g/mol. The van der Waals surface area contributed by atoms with Gasteiger partial charge in [0.05, 0.1) is 10.6 Å². The number of hydrogen-bond acceptors (Lipinski definition) is 4. The summed E-state index contributed by atoms with van der Waals surface area (Å²) in [6, 6.07) is 9.11. The Kier molecular flexibility index (Phi) is 5.34. The summed E-state index contributed by atoms with van der Waals surface area (Å²) < 4.78 is 24.2. The van der Waals surface area contributed by atoms with E-state index in [9.17, 15) is 8.42 Å². The first-order chi connectivity index (χ1) is 9.58. The van der Waals surface area contributed by atoms with Gasteiger partial charge in [0.25, 0.3) is 0 Å².